The van der Waals surface area contributed by atoms with Gasteiger partial charge in [-0.3, -0.25) is 14.4 Å². The molecule has 2 fully saturated rings. The second kappa shape index (κ2) is 8.49. The normalized spacial score (nSPS) is 23.5. The van der Waals surface area contributed by atoms with Crippen molar-refractivity contribution < 1.29 is 34.2 Å². The lowest BCUT2D eigenvalue weighted by atomic mass is 9.98. The van der Waals surface area contributed by atoms with E-state index in [1.807, 2.05) is 0 Å². The van der Waals surface area contributed by atoms with Crippen molar-refractivity contribution in [2.45, 2.75) is 50.8 Å². The molecule has 168 valence electrons. The van der Waals surface area contributed by atoms with Gasteiger partial charge in [-0.05, 0) is 26.7 Å². The van der Waals surface area contributed by atoms with E-state index >= 15 is 0 Å². The number of aromatic nitrogens is 1. The van der Waals surface area contributed by atoms with Gasteiger partial charge in [0.1, 0.15) is 18.3 Å². The summed E-state index contributed by atoms with van der Waals surface area (Å²) in [5, 5.41) is 26.3. The summed E-state index contributed by atoms with van der Waals surface area (Å²) in [6.07, 6.45) is 2.14. The fourth-order valence-corrected chi connectivity index (χ4v) is 4.34. The first-order valence-electron chi connectivity index (χ1n) is 9.55. The van der Waals surface area contributed by atoms with Crippen LogP contribution in [0.15, 0.2) is 10.5 Å². The molecule has 13 heteroatoms. The lowest BCUT2D eigenvalue weighted by molar-refractivity contribution is -0.161. The topological polar surface area (TPSA) is 185 Å². The number of hydrogen-bond acceptors (Lipinski definition) is 9. The van der Waals surface area contributed by atoms with Crippen LogP contribution in [0, 0.1) is 5.92 Å². The number of fused-ring (bicyclic) bond motifs is 1. The number of carboxylic acid groups (broad SMARTS) is 2. The number of hydrogen-bond donors (Lipinski definition) is 4. The molecule has 1 aliphatic heterocycles. The maximum Gasteiger partial charge on any atom is 0.350 e. The molecule has 3 rings (SSSR count). The minimum Gasteiger partial charge on any atom is -0.480 e. The Bertz CT molecular complexity index is 943. The zero-order valence-electron chi connectivity index (χ0n) is 16.9. The second-order valence-electron chi connectivity index (χ2n) is 7.89. The molecule has 31 heavy (non-hydrogen) atoms. The minimum atomic E-state index is -1.72. The van der Waals surface area contributed by atoms with Crippen LogP contribution in [-0.2, 0) is 24.0 Å². The average molecular weight is 453 g/mol. The summed E-state index contributed by atoms with van der Waals surface area (Å²) in [5.74, 6) is -3.93. The molecule has 1 aromatic heterocycles. The molecular weight excluding hydrogens is 430 g/mol. The molecule has 0 aromatic carbocycles. The van der Waals surface area contributed by atoms with E-state index in [9.17, 15) is 24.3 Å². The van der Waals surface area contributed by atoms with Gasteiger partial charge in [-0.1, -0.05) is 11.6 Å². The number of oxime groups is 1. The maximum absolute atomic E-state index is 13.0. The summed E-state index contributed by atoms with van der Waals surface area (Å²) in [6, 6.07) is -1.18. The van der Waals surface area contributed by atoms with Crippen LogP contribution < -0.4 is 11.1 Å². The number of amides is 2. The van der Waals surface area contributed by atoms with E-state index in [0.29, 0.717) is 12.8 Å². The third-order valence-electron chi connectivity index (χ3n) is 5.36. The third kappa shape index (κ3) is 4.60. The third-order valence-corrected chi connectivity index (χ3v) is 6.04. The standard InChI is InChI=1S/C18H23N5O7S/c1-18(2,16(28)29)30-22-13(9-7-31-17(19)20-9)14(26)21-12-8-4-3-5-10(8)23(15(12)27)6-11(24)25/h7-8,10,12H,3-6H2,1-2H3,(H2,19,20)(H,21,26)(H,24,25)(H,28,29)/b22-13+/t8-,10-,12-/m0/s1. The van der Waals surface area contributed by atoms with Gasteiger partial charge >= 0.3 is 11.9 Å². The fraction of sp³-hybridized carbons (Fsp3) is 0.556. The molecule has 12 nitrogen and oxygen atoms in total. The predicted octanol–water partition coefficient (Wildman–Crippen LogP) is -0.110. The lowest BCUT2D eigenvalue weighted by Gasteiger charge is -2.21. The molecule has 1 saturated heterocycles. The highest BCUT2D eigenvalue weighted by Gasteiger charge is 2.51. The Kier molecular flexibility index (Phi) is 6.15. The van der Waals surface area contributed by atoms with Gasteiger partial charge in [-0.25, -0.2) is 9.78 Å². The van der Waals surface area contributed by atoms with E-state index in [-0.39, 0.29) is 28.5 Å². The monoisotopic (exact) mass is 453 g/mol. The molecule has 0 unspecified atom stereocenters. The van der Waals surface area contributed by atoms with Gasteiger partial charge < -0.3 is 31.0 Å². The molecule has 5 N–H and O–H groups in total. The Balaban J connectivity index is 1.85. The van der Waals surface area contributed by atoms with Crippen LogP contribution in [0.3, 0.4) is 0 Å². The number of aliphatic carboxylic acids is 2. The van der Waals surface area contributed by atoms with Crippen LogP contribution in [-0.4, -0.2) is 73.8 Å². The van der Waals surface area contributed by atoms with Crippen LogP contribution in [0.4, 0.5) is 5.13 Å². The van der Waals surface area contributed by atoms with Crippen LogP contribution in [0.25, 0.3) is 0 Å². The number of carboxylic acids is 2. The maximum atomic E-state index is 13.0. The largest absolute Gasteiger partial charge is 0.480 e. The average Bonchev–Trinajstić information content (AvgIpc) is 3.37. The smallest absolute Gasteiger partial charge is 0.350 e. The number of carbonyl (C=O) groups excluding carboxylic acids is 2. The SMILES string of the molecule is CC(C)(O/N=C(/C(=O)N[C@@H]1C(=O)N(CC(=O)O)[C@H]2CCC[C@H]12)c1csc(N)n1)C(=O)O. The van der Waals surface area contributed by atoms with Crippen molar-refractivity contribution in [3.05, 3.63) is 11.1 Å². The van der Waals surface area contributed by atoms with E-state index < -0.39 is 41.9 Å². The van der Waals surface area contributed by atoms with Crippen molar-refractivity contribution in [3.8, 4) is 0 Å². The molecule has 1 aromatic rings. The number of likely N-dealkylation sites (tertiary alicyclic amines) is 1. The Labute approximate surface area is 181 Å². The van der Waals surface area contributed by atoms with Crippen LogP contribution in [0.5, 0.6) is 0 Å². The van der Waals surface area contributed by atoms with Gasteiger partial charge in [0.2, 0.25) is 11.5 Å². The van der Waals surface area contributed by atoms with Crippen LogP contribution >= 0.6 is 11.3 Å². The molecule has 0 radical (unpaired) electrons. The summed E-state index contributed by atoms with van der Waals surface area (Å²) in [5.41, 5.74) is 3.65. The van der Waals surface area contributed by atoms with Gasteiger partial charge in [-0.15, -0.1) is 11.3 Å². The number of nitrogens with one attached hydrogen (secondary N) is 1. The summed E-state index contributed by atoms with van der Waals surface area (Å²) in [7, 11) is 0. The summed E-state index contributed by atoms with van der Waals surface area (Å²) >= 11 is 1.05. The molecular formula is C18H23N5O7S. The predicted molar refractivity (Wildman–Crippen MR) is 108 cm³/mol. The highest BCUT2D eigenvalue weighted by Crippen LogP contribution is 2.38. The number of thiazole rings is 1. The lowest BCUT2D eigenvalue weighted by Crippen LogP contribution is -2.47. The second-order valence-corrected chi connectivity index (χ2v) is 8.78. The molecule has 1 saturated carbocycles. The number of anilines is 1. The van der Waals surface area contributed by atoms with Crippen molar-refractivity contribution in [1.82, 2.24) is 15.2 Å². The van der Waals surface area contributed by atoms with Crippen molar-refractivity contribution in [2.75, 3.05) is 12.3 Å². The summed E-state index contributed by atoms with van der Waals surface area (Å²) in [6.45, 7) is 2.08. The van der Waals surface area contributed by atoms with Crippen molar-refractivity contribution in [2.24, 2.45) is 11.1 Å². The Morgan fingerprint density at radius 3 is 2.68 bits per heavy atom. The zero-order valence-corrected chi connectivity index (χ0v) is 17.7. The van der Waals surface area contributed by atoms with E-state index in [1.165, 1.54) is 24.1 Å². The van der Waals surface area contributed by atoms with Crippen LogP contribution in [0.2, 0.25) is 0 Å². The van der Waals surface area contributed by atoms with E-state index in [1.54, 1.807) is 0 Å². The fourth-order valence-electron chi connectivity index (χ4n) is 3.79. The quantitative estimate of drug-likeness (QED) is 0.308. The number of nitrogens with two attached hydrogens (primary N) is 1. The van der Waals surface area contributed by atoms with Gasteiger partial charge in [0.05, 0.1) is 0 Å². The first-order chi connectivity index (χ1) is 14.5. The zero-order chi connectivity index (χ0) is 22.9. The van der Waals surface area contributed by atoms with Crippen molar-refractivity contribution in [3.63, 3.8) is 0 Å². The van der Waals surface area contributed by atoms with Gasteiger partial charge in [-0.2, -0.15) is 0 Å². The molecule has 1 aliphatic carbocycles. The molecule has 3 atom stereocenters. The summed E-state index contributed by atoms with van der Waals surface area (Å²) in [4.78, 5) is 58.7. The van der Waals surface area contributed by atoms with Crippen molar-refractivity contribution >= 4 is 45.9 Å². The Hall–Kier alpha value is -3.22. The highest BCUT2D eigenvalue weighted by atomic mass is 32.1. The molecule has 0 spiro atoms. The Morgan fingerprint density at radius 2 is 2.10 bits per heavy atom. The first-order valence-corrected chi connectivity index (χ1v) is 10.4. The minimum absolute atomic E-state index is 0.0667. The van der Waals surface area contributed by atoms with E-state index in [2.05, 4.69) is 15.5 Å². The Morgan fingerprint density at radius 1 is 1.39 bits per heavy atom. The molecule has 2 heterocycles. The molecule has 2 aliphatic rings. The van der Waals surface area contributed by atoms with E-state index in [0.717, 1.165) is 17.8 Å². The van der Waals surface area contributed by atoms with Gasteiger partial charge in [0, 0.05) is 17.3 Å². The van der Waals surface area contributed by atoms with E-state index in [4.69, 9.17) is 15.7 Å². The van der Waals surface area contributed by atoms with Gasteiger partial charge in [0.25, 0.3) is 5.91 Å². The molecule has 2 amide bonds. The summed E-state index contributed by atoms with van der Waals surface area (Å²) < 4.78 is 0. The van der Waals surface area contributed by atoms with Crippen molar-refractivity contribution in [1.29, 1.82) is 0 Å². The number of nitrogen functional groups attached to an aromatic ring is 1. The number of nitrogens with zero attached hydrogens (tertiary/aromatic N) is 3. The van der Waals surface area contributed by atoms with Gasteiger partial charge in [0.15, 0.2) is 10.8 Å². The first kappa shape index (κ1) is 22.5. The number of rotatable bonds is 8. The highest BCUT2D eigenvalue weighted by molar-refractivity contribution is 7.13. The van der Waals surface area contributed by atoms with Crippen LogP contribution in [0.1, 0.15) is 38.8 Å². The number of carbonyl (C=O) groups is 4. The molecule has 0 bridgehead atoms.